The van der Waals surface area contributed by atoms with Crippen LogP contribution in [0.5, 0.6) is 5.75 Å². The molecule has 0 saturated carbocycles. The lowest BCUT2D eigenvalue weighted by Gasteiger charge is -2.15. The van der Waals surface area contributed by atoms with Gasteiger partial charge in [0.2, 0.25) is 11.7 Å². The lowest BCUT2D eigenvalue weighted by atomic mass is 10.0. The fraction of sp³-hybridized carbons (Fsp3) is 0.308. The number of nitrogens with zero attached hydrogens (tertiary/aromatic N) is 1. The number of benzene rings is 1. The molecule has 108 valence electrons. The second kappa shape index (κ2) is 5.07. The lowest BCUT2D eigenvalue weighted by molar-refractivity contribution is -0.274. The van der Waals surface area contributed by atoms with Gasteiger partial charge in [0.05, 0.1) is 5.57 Å². The van der Waals surface area contributed by atoms with Crippen molar-refractivity contribution in [3.8, 4) is 5.75 Å². The van der Waals surface area contributed by atoms with Gasteiger partial charge in [0, 0.05) is 14.1 Å². The molecule has 7 heteroatoms. The molecule has 0 fully saturated rings. The Hall–Kier alpha value is -2.18. The number of halogens is 3. The number of carbonyl (C=O) groups excluding carboxylic acids is 1. The van der Waals surface area contributed by atoms with Crippen LogP contribution in [-0.4, -0.2) is 37.7 Å². The van der Waals surface area contributed by atoms with Gasteiger partial charge in [-0.15, -0.1) is 13.2 Å². The smallest absolute Gasteiger partial charge is 0.470 e. The highest BCUT2D eigenvalue weighted by molar-refractivity contribution is 6.23. The van der Waals surface area contributed by atoms with Gasteiger partial charge in [-0.3, -0.25) is 4.79 Å². The zero-order chi connectivity index (χ0) is 14.9. The molecule has 4 nitrogen and oxygen atoms in total. The minimum atomic E-state index is -4.77. The molecule has 0 spiro atoms. The second-order valence-corrected chi connectivity index (χ2v) is 4.36. The summed E-state index contributed by atoms with van der Waals surface area (Å²) in [4.78, 5) is 13.4. The van der Waals surface area contributed by atoms with Crippen LogP contribution in [0.25, 0.3) is 5.57 Å². The van der Waals surface area contributed by atoms with E-state index in [1.165, 1.54) is 24.3 Å². The van der Waals surface area contributed by atoms with E-state index in [9.17, 15) is 18.0 Å². The number of hydrogen-bond donors (Lipinski definition) is 0. The summed E-state index contributed by atoms with van der Waals surface area (Å²) in [5.41, 5.74) is 0.584. The summed E-state index contributed by atoms with van der Waals surface area (Å²) < 4.78 is 45.7. The Labute approximate surface area is 113 Å². The summed E-state index contributed by atoms with van der Waals surface area (Å²) in [6, 6.07) is 5.27. The van der Waals surface area contributed by atoms with Crippen molar-refractivity contribution in [2.45, 2.75) is 6.36 Å². The van der Waals surface area contributed by atoms with Crippen LogP contribution in [0.2, 0.25) is 0 Å². The zero-order valence-corrected chi connectivity index (χ0v) is 10.8. The van der Waals surface area contributed by atoms with E-state index in [0.717, 1.165) is 0 Å². The van der Waals surface area contributed by atoms with Crippen molar-refractivity contribution >= 4 is 11.4 Å². The molecule has 0 atom stereocenters. The van der Waals surface area contributed by atoms with Crippen molar-refractivity contribution in [1.82, 2.24) is 4.90 Å². The van der Waals surface area contributed by atoms with Crippen LogP contribution in [0, 0.1) is 0 Å². The molecule has 0 aliphatic carbocycles. The standard InChI is InChI=1S/C13H12F3NO3/c1-17(2)12-11(10(18)7-19-12)8-4-3-5-9(6-8)20-13(14,15)16/h3-6H,7H2,1-2H3. The summed E-state index contributed by atoms with van der Waals surface area (Å²) in [7, 11) is 3.37. The van der Waals surface area contributed by atoms with Crippen molar-refractivity contribution in [1.29, 1.82) is 0 Å². The van der Waals surface area contributed by atoms with Crippen molar-refractivity contribution in [3.63, 3.8) is 0 Å². The molecule has 0 unspecified atom stereocenters. The first-order chi connectivity index (χ1) is 9.28. The van der Waals surface area contributed by atoms with E-state index in [4.69, 9.17) is 4.74 Å². The molecule has 1 aliphatic heterocycles. The van der Waals surface area contributed by atoms with Crippen LogP contribution in [-0.2, 0) is 9.53 Å². The van der Waals surface area contributed by atoms with Crippen molar-refractivity contribution in [2.75, 3.05) is 20.7 Å². The van der Waals surface area contributed by atoms with Gasteiger partial charge >= 0.3 is 6.36 Å². The normalized spacial score (nSPS) is 15.3. The highest BCUT2D eigenvalue weighted by Gasteiger charge is 2.32. The second-order valence-electron chi connectivity index (χ2n) is 4.36. The van der Waals surface area contributed by atoms with Crippen molar-refractivity contribution < 1.29 is 27.4 Å². The molecular weight excluding hydrogens is 275 g/mol. The monoisotopic (exact) mass is 287 g/mol. The SMILES string of the molecule is CN(C)C1=C(c2cccc(OC(F)(F)F)c2)C(=O)CO1. The van der Waals surface area contributed by atoms with Gasteiger partial charge in [-0.2, -0.15) is 0 Å². The number of ketones is 1. The minimum Gasteiger partial charge on any atom is -0.470 e. The fourth-order valence-electron chi connectivity index (χ4n) is 1.88. The first-order valence-electron chi connectivity index (χ1n) is 5.72. The lowest BCUT2D eigenvalue weighted by Crippen LogP contribution is -2.17. The maximum absolute atomic E-state index is 12.2. The Morgan fingerprint density at radius 1 is 1.30 bits per heavy atom. The summed E-state index contributed by atoms with van der Waals surface area (Å²) in [5, 5.41) is 0. The van der Waals surface area contributed by atoms with Crippen LogP contribution < -0.4 is 4.74 Å². The minimum absolute atomic E-state index is 0.118. The van der Waals surface area contributed by atoms with Gasteiger partial charge < -0.3 is 14.4 Å². The Balaban J connectivity index is 2.40. The summed E-state index contributed by atoms with van der Waals surface area (Å²) >= 11 is 0. The molecule has 0 aromatic heterocycles. The number of alkyl halides is 3. The first kappa shape index (κ1) is 14.2. The van der Waals surface area contributed by atoms with E-state index >= 15 is 0 Å². The third-order valence-corrected chi connectivity index (χ3v) is 2.60. The van der Waals surface area contributed by atoms with E-state index in [2.05, 4.69) is 4.74 Å². The molecule has 0 amide bonds. The van der Waals surface area contributed by atoms with Crippen LogP contribution >= 0.6 is 0 Å². The van der Waals surface area contributed by atoms with E-state index in [1.54, 1.807) is 19.0 Å². The Morgan fingerprint density at radius 2 is 2.00 bits per heavy atom. The molecule has 1 aromatic carbocycles. The van der Waals surface area contributed by atoms with E-state index in [0.29, 0.717) is 11.4 Å². The molecule has 1 heterocycles. The third-order valence-electron chi connectivity index (χ3n) is 2.60. The molecule has 0 bridgehead atoms. The quantitative estimate of drug-likeness (QED) is 0.856. The van der Waals surface area contributed by atoms with Gasteiger partial charge in [-0.1, -0.05) is 12.1 Å². The molecule has 2 rings (SSSR count). The van der Waals surface area contributed by atoms with Gasteiger partial charge in [-0.05, 0) is 17.7 Å². The van der Waals surface area contributed by atoms with Gasteiger partial charge in [0.15, 0.2) is 6.61 Å². The van der Waals surface area contributed by atoms with Crippen LogP contribution in [0.15, 0.2) is 30.1 Å². The average molecular weight is 287 g/mol. The maximum Gasteiger partial charge on any atom is 0.573 e. The van der Waals surface area contributed by atoms with Crippen LogP contribution in [0.4, 0.5) is 13.2 Å². The fourth-order valence-corrected chi connectivity index (χ4v) is 1.88. The first-order valence-corrected chi connectivity index (χ1v) is 5.72. The highest BCUT2D eigenvalue weighted by Crippen LogP contribution is 2.31. The number of hydrogen-bond acceptors (Lipinski definition) is 4. The highest BCUT2D eigenvalue weighted by atomic mass is 19.4. The average Bonchev–Trinajstić information content (AvgIpc) is 2.69. The van der Waals surface area contributed by atoms with Crippen LogP contribution in [0.1, 0.15) is 5.56 Å². The summed E-state index contributed by atoms with van der Waals surface area (Å²) in [6.07, 6.45) is -4.77. The topological polar surface area (TPSA) is 38.8 Å². The largest absolute Gasteiger partial charge is 0.573 e. The van der Waals surface area contributed by atoms with Crippen molar-refractivity contribution in [3.05, 3.63) is 35.7 Å². The van der Waals surface area contributed by atoms with Crippen LogP contribution in [0.3, 0.4) is 0 Å². The molecule has 0 N–H and O–H groups in total. The van der Waals surface area contributed by atoms with Crippen molar-refractivity contribution in [2.24, 2.45) is 0 Å². The number of ether oxygens (including phenoxy) is 2. The summed E-state index contributed by atoms with van der Waals surface area (Å²) in [6.45, 7) is -0.118. The summed E-state index contributed by atoms with van der Waals surface area (Å²) in [5.74, 6) is -0.322. The molecule has 1 aromatic rings. The Kier molecular flexibility index (Phi) is 3.61. The number of carbonyl (C=O) groups is 1. The number of rotatable bonds is 3. The predicted octanol–water partition coefficient (Wildman–Crippen LogP) is 2.41. The predicted molar refractivity (Wildman–Crippen MR) is 64.7 cm³/mol. The third kappa shape index (κ3) is 3.04. The molecule has 20 heavy (non-hydrogen) atoms. The molecule has 0 saturated heterocycles. The Morgan fingerprint density at radius 3 is 2.60 bits per heavy atom. The van der Waals surface area contributed by atoms with Gasteiger partial charge in [-0.25, -0.2) is 0 Å². The zero-order valence-electron chi connectivity index (χ0n) is 10.8. The van der Waals surface area contributed by atoms with E-state index in [-0.39, 0.29) is 23.7 Å². The maximum atomic E-state index is 12.2. The van der Waals surface area contributed by atoms with E-state index < -0.39 is 6.36 Å². The molecule has 1 aliphatic rings. The Bertz CT molecular complexity index is 564. The molecule has 0 radical (unpaired) electrons. The number of Topliss-reactive ketones (excluding diaryl/α,β-unsaturated/α-hetero) is 1. The molecular formula is C13H12F3NO3. The van der Waals surface area contributed by atoms with Gasteiger partial charge in [0.1, 0.15) is 5.75 Å². The van der Waals surface area contributed by atoms with E-state index in [1.807, 2.05) is 0 Å². The van der Waals surface area contributed by atoms with Gasteiger partial charge in [0.25, 0.3) is 0 Å².